The summed E-state index contributed by atoms with van der Waals surface area (Å²) in [6.07, 6.45) is 3.80. The number of halogens is 1. The second-order valence-electron chi connectivity index (χ2n) is 2.57. The van der Waals surface area contributed by atoms with Gasteiger partial charge in [0.25, 0.3) is 0 Å². The molecule has 0 fully saturated rings. The molecule has 4 nitrogen and oxygen atoms in total. The van der Waals surface area contributed by atoms with Gasteiger partial charge in [-0.2, -0.15) is 0 Å². The summed E-state index contributed by atoms with van der Waals surface area (Å²) < 4.78 is 5.79. The molecule has 0 amide bonds. The minimum atomic E-state index is 0.747. The number of rotatable bonds is 3. The summed E-state index contributed by atoms with van der Waals surface area (Å²) in [5, 5.41) is 6.68. The first-order valence-electron chi connectivity index (χ1n) is 3.71. The molecular weight excluding hydrogens is 252 g/mol. The van der Waals surface area contributed by atoms with Gasteiger partial charge in [-0.25, -0.2) is 4.98 Å². The molecule has 13 heavy (non-hydrogen) atoms. The Bertz CT molecular complexity index is 370. The Morgan fingerprint density at radius 3 is 3.00 bits per heavy atom. The summed E-state index contributed by atoms with van der Waals surface area (Å²) in [4.78, 5) is 4.19. The van der Waals surface area contributed by atoms with Gasteiger partial charge in [0.05, 0.1) is 24.3 Å². The normalized spacial score (nSPS) is 10.5. The van der Waals surface area contributed by atoms with Crippen molar-refractivity contribution in [1.82, 2.24) is 19.1 Å². The maximum Gasteiger partial charge on any atom is 0.0953 e. The highest BCUT2D eigenvalue weighted by Gasteiger charge is 1.99. The van der Waals surface area contributed by atoms with Crippen molar-refractivity contribution in [2.45, 2.75) is 11.9 Å². The van der Waals surface area contributed by atoms with E-state index in [1.165, 1.54) is 11.5 Å². The number of hydrogen-bond acceptors (Lipinski definition) is 4. The molecule has 0 aliphatic heterocycles. The first-order valence-corrected chi connectivity index (χ1v) is 5.67. The Balaban J connectivity index is 2.10. The Morgan fingerprint density at radius 1 is 1.46 bits per heavy atom. The van der Waals surface area contributed by atoms with E-state index in [-0.39, 0.29) is 0 Å². The number of imidazole rings is 1. The SMILES string of the molecule is BrCc1cn(Cc2csnn2)cn1. The van der Waals surface area contributed by atoms with Crippen LogP contribution in [0.25, 0.3) is 0 Å². The Labute approximate surface area is 87.9 Å². The Kier molecular flexibility index (Phi) is 2.70. The molecule has 6 heteroatoms. The first-order chi connectivity index (χ1) is 6.38. The van der Waals surface area contributed by atoms with Gasteiger partial charge in [-0.05, 0) is 11.5 Å². The van der Waals surface area contributed by atoms with E-state index in [4.69, 9.17) is 0 Å². The van der Waals surface area contributed by atoms with Crippen LogP contribution < -0.4 is 0 Å². The third-order valence-electron chi connectivity index (χ3n) is 1.57. The largest absolute Gasteiger partial charge is 0.331 e. The van der Waals surface area contributed by atoms with Gasteiger partial charge in [-0.1, -0.05) is 20.4 Å². The first kappa shape index (κ1) is 8.83. The lowest BCUT2D eigenvalue weighted by Gasteiger charge is -1.95. The molecule has 0 aliphatic carbocycles. The molecule has 0 unspecified atom stereocenters. The number of alkyl halides is 1. The summed E-state index contributed by atoms with van der Waals surface area (Å²) in [5.41, 5.74) is 2.01. The van der Waals surface area contributed by atoms with E-state index in [2.05, 4.69) is 30.5 Å². The summed E-state index contributed by atoms with van der Waals surface area (Å²) in [5.74, 6) is 0. The van der Waals surface area contributed by atoms with Gasteiger partial charge in [0.15, 0.2) is 0 Å². The predicted octanol–water partition coefficient (Wildman–Crippen LogP) is 1.68. The standard InChI is InChI=1S/C7H7BrN4S/c8-1-6-2-12(5-9-6)3-7-4-13-11-10-7/h2,4-5H,1,3H2. The molecule has 0 aromatic carbocycles. The van der Waals surface area contributed by atoms with Crippen LogP contribution in [-0.4, -0.2) is 19.1 Å². The van der Waals surface area contributed by atoms with Crippen molar-refractivity contribution in [2.75, 3.05) is 0 Å². The highest BCUT2D eigenvalue weighted by atomic mass is 79.9. The Hall–Kier alpha value is -0.750. The van der Waals surface area contributed by atoms with Crippen LogP contribution >= 0.6 is 27.5 Å². The van der Waals surface area contributed by atoms with Crippen molar-refractivity contribution < 1.29 is 0 Å². The molecule has 0 atom stereocenters. The third-order valence-corrected chi connectivity index (χ3v) is 2.70. The van der Waals surface area contributed by atoms with Gasteiger partial charge in [0.2, 0.25) is 0 Å². The zero-order valence-electron chi connectivity index (χ0n) is 6.72. The quantitative estimate of drug-likeness (QED) is 0.787. The monoisotopic (exact) mass is 258 g/mol. The number of nitrogens with zero attached hydrogens (tertiary/aromatic N) is 4. The van der Waals surface area contributed by atoms with Crippen molar-refractivity contribution in [2.24, 2.45) is 0 Å². The van der Waals surface area contributed by atoms with Gasteiger partial charge in [0.1, 0.15) is 0 Å². The lowest BCUT2D eigenvalue weighted by atomic mass is 10.5. The van der Waals surface area contributed by atoms with Crippen LogP contribution in [0.2, 0.25) is 0 Å². The maximum absolute atomic E-state index is 4.19. The molecule has 0 aliphatic rings. The predicted molar refractivity (Wildman–Crippen MR) is 53.9 cm³/mol. The van der Waals surface area contributed by atoms with E-state index in [0.29, 0.717) is 0 Å². The second-order valence-corrected chi connectivity index (χ2v) is 3.74. The van der Waals surface area contributed by atoms with E-state index < -0.39 is 0 Å². The molecule has 2 aromatic heterocycles. The summed E-state index contributed by atoms with van der Waals surface area (Å²) in [6, 6.07) is 0. The van der Waals surface area contributed by atoms with Crippen molar-refractivity contribution in [1.29, 1.82) is 0 Å². The van der Waals surface area contributed by atoms with Gasteiger partial charge in [-0.3, -0.25) is 0 Å². The molecule has 2 heterocycles. The smallest absolute Gasteiger partial charge is 0.0953 e. The van der Waals surface area contributed by atoms with Crippen molar-refractivity contribution in [3.8, 4) is 0 Å². The van der Waals surface area contributed by atoms with E-state index in [1.54, 1.807) is 6.33 Å². The van der Waals surface area contributed by atoms with E-state index >= 15 is 0 Å². The Morgan fingerprint density at radius 2 is 2.38 bits per heavy atom. The molecule has 0 radical (unpaired) electrons. The van der Waals surface area contributed by atoms with Crippen LogP contribution in [0.4, 0.5) is 0 Å². The molecule has 2 aromatic rings. The zero-order valence-corrected chi connectivity index (χ0v) is 9.12. The molecule has 2 rings (SSSR count). The van der Waals surface area contributed by atoms with Crippen LogP contribution in [-0.2, 0) is 11.9 Å². The zero-order chi connectivity index (χ0) is 9.10. The van der Waals surface area contributed by atoms with E-state index in [9.17, 15) is 0 Å². The molecule has 0 spiro atoms. The third kappa shape index (κ3) is 2.13. The maximum atomic E-state index is 4.19. The second kappa shape index (κ2) is 3.97. The number of hydrogen-bond donors (Lipinski definition) is 0. The van der Waals surface area contributed by atoms with Crippen molar-refractivity contribution >= 4 is 27.5 Å². The van der Waals surface area contributed by atoms with Crippen LogP contribution in [0, 0.1) is 0 Å². The van der Waals surface area contributed by atoms with Crippen LogP contribution in [0.1, 0.15) is 11.4 Å². The molecular formula is C7H7BrN4S. The van der Waals surface area contributed by atoms with Gasteiger partial charge < -0.3 is 4.57 Å². The highest BCUT2D eigenvalue weighted by Crippen LogP contribution is 2.05. The molecule has 0 N–H and O–H groups in total. The summed E-state index contributed by atoms with van der Waals surface area (Å²) >= 11 is 4.71. The lowest BCUT2D eigenvalue weighted by Crippen LogP contribution is -1.96. The van der Waals surface area contributed by atoms with Crippen LogP contribution in [0.3, 0.4) is 0 Å². The minimum absolute atomic E-state index is 0.747. The lowest BCUT2D eigenvalue weighted by molar-refractivity contribution is 0.767. The fourth-order valence-corrected chi connectivity index (χ4v) is 1.73. The van der Waals surface area contributed by atoms with Gasteiger partial charge in [0, 0.05) is 16.9 Å². The molecule has 0 saturated heterocycles. The fourth-order valence-electron chi connectivity index (χ4n) is 1.00. The average molecular weight is 259 g/mol. The molecule has 0 saturated carbocycles. The fraction of sp³-hybridized carbons (Fsp3) is 0.286. The van der Waals surface area contributed by atoms with Crippen molar-refractivity contribution in [3.05, 3.63) is 29.3 Å². The van der Waals surface area contributed by atoms with Gasteiger partial charge in [-0.15, -0.1) is 5.10 Å². The topological polar surface area (TPSA) is 43.6 Å². The number of aromatic nitrogens is 4. The summed E-state index contributed by atoms with van der Waals surface area (Å²) in [6.45, 7) is 0.747. The van der Waals surface area contributed by atoms with Gasteiger partial charge >= 0.3 is 0 Å². The molecule has 0 bridgehead atoms. The average Bonchev–Trinajstić information content (AvgIpc) is 2.76. The minimum Gasteiger partial charge on any atom is -0.331 e. The summed E-state index contributed by atoms with van der Waals surface area (Å²) in [7, 11) is 0. The van der Waals surface area contributed by atoms with Crippen LogP contribution in [0.5, 0.6) is 0 Å². The van der Waals surface area contributed by atoms with E-state index in [0.717, 1.165) is 23.3 Å². The van der Waals surface area contributed by atoms with E-state index in [1.807, 2.05) is 16.1 Å². The van der Waals surface area contributed by atoms with Crippen LogP contribution in [0.15, 0.2) is 17.9 Å². The molecule has 68 valence electrons. The van der Waals surface area contributed by atoms with Crippen molar-refractivity contribution in [3.63, 3.8) is 0 Å². The highest BCUT2D eigenvalue weighted by molar-refractivity contribution is 9.08.